The molecule has 0 spiro atoms. The summed E-state index contributed by atoms with van der Waals surface area (Å²) >= 11 is 0. The number of fused-ring (bicyclic) bond motifs is 1. The molecule has 0 aromatic carbocycles. The van der Waals surface area contributed by atoms with Crippen molar-refractivity contribution in [2.75, 3.05) is 0 Å². The first-order valence-corrected chi connectivity index (χ1v) is 6.42. The van der Waals surface area contributed by atoms with Crippen LogP contribution in [0.25, 0.3) is 5.82 Å². The molecule has 1 aliphatic carbocycles. The summed E-state index contributed by atoms with van der Waals surface area (Å²) in [5, 5.41) is 4.40. The third kappa shape index (κ3) is 1.91. The van der Waals surface area contributed by atoms with Crippen LogP contribution in [-0.2, 0) is 12.8 Å². The van der Waals surface area contributed by atoms with Gasteiger partial charge in [-0.25, -0.2) is 9.67 Å². The fourth-order valence-electron chi connectivity index (χ4n) is 2.65. The van der Waals surface area contributed by atoms with Crippen LogP contribution in [0.1, 0.15) is 39.4 Å². The van der Waals surface area contributed by atoms with Crippen molar-refractivity contribution in [2.24, 2.45) is 5.73 Å². The number of nitrogens with two attached hydrogens (primary N) is 1. The van der Waals surface area contributed by atoms with Crippen molar-refractivity contribution in [1.82, 2.24) is 14.8 Å². The molecule has 2 aromatic heterocycles. The zero-order valence-corrected chi connectivity index (χ0v) is 11.1. The van der Waals surface area contributed by atoms with Crippen molar-refractivity contribution in [3.8, 4) is 5.82 Å². The van der Waals surface area contributed by atoms with Crippen molar-refractivity contribution in [3.63, 3.8) is 0 Å². The van der Waals surface area contributed by atoms with Crippen molar-refractivity contribution >= 4 is 5.91 Å². The third-order valence-electron chi connectivity index (χ3n) is 3.51. The van der Waals surface area contributed by atoms with Gasteiger partial charge in [-0.15, -0.1) is 0 Å². The summed E-state index contributed by atoms with van der Waals surface area (Å²) in [7, 11) is 0. The summed E-state index contributed by atoms with van der Waals surface area (Å²) in [5.41, 5.74) is 9.98. The molecule has 0 radical (unpaired) electrons. The average molecular weight is 256 g/mol. The molecule has 19 heavy (non-hydrogen) atoms. The summed E-state index contributed by atoms with van der Waals surface area (Å²) < 4.78 is 1.70. The Hall–Kier alpha value is -2.17. The lowest BCUT2D eigenvalue weighted by atomic mass is 10.1. The molecule has 0 atom stereocenters. The molecule has 0 unspecified atom stereocenters. The van der Waals surface area contributed by atoms with Gasteiger partial charge in [0.25, 0.3) is 5.91 Å². The lowest BCUT2D eigenvalue weighted by Gasteiger charge is -2.10. The largest absolute Gasteiger partial charge is 0.365 e. The number of hydrogen-bond acceptors (Lipinski definition) is 3. The van der Waals surface area contributed by atoms with Gasteiger partial charge in [-0.3, -0.25) is 4.79 Å². The van der Waals surface area contributed by atoms with Gasteiger partial charge in [0.2, 0.25) is 0 Å². The van der Waals surface area contributed by atoms with Crippen molar-refractivity contribution < 1.29 is 4.79 Å². The lowest BCUT2D eigenvalue weighted by Crippen LogP contribution is -2.18. The molecule has 2 N–H and O–H groups in total. The van der Waals surface area contributed by atoms with E-state index in [1.54, 1.807) is 4.68 Å². The van der Waals surface area contributed by atoms with Gasteiger partial charge in [-0.2, -0.15) is 5.10 Å². The van der Waals surface area contributed by atoms with Crippen molar-refractivity contribution in [1.29, 1.82) is 0 Å². The van der Waals surface area contributed by atoms with Crippen molar-refractivity contribution in [3.05, 3.63) is 40.3 Å². The first kappa shape index (κ1) is 11.9. The minimum absolute atomic E-state index is 0.451. The molecular weight excluding hydrogens is 240 g/mol. The van der Waals surface area contributed by atoms with Crippen LogP contribution in [0.4, 0.5) is 0 Å². The number of nitrogens with zero attached hydrogens (tertiary/aromatic N) is 3. The fourth-order valence-corrected chi connectivity index (χ4v) is 2.65. The molecule has 98 valence electrons. The van der Waals surface area contributed by atoms with Crippen LogP contribution >= 0.6 is 0 Å². The van der Waals surface area contributed by atoms with E-state index in [4.69, 9.17) is 5.73 Å². The van der Waals surface area contributed by atoms with Gasteiger partial charge in [0, 0.05) is 11.4 Å². The summed E-state index contributed by atoms with van der Waals surface area (Å²) in [6.45, 7) is 3.86. The summed E-state index contributed by atoms with van der Waals surface area (Å²) in [6, 6.07) is 3.84. The first-order chi connectivity index (χ1) is 9.06. The number of rotatable bonds is 2. The SMILES string of the molecule is Cc1cc(C)n(-c2nc3c(cc2C(N)=O)CCC3)n1. The Labute approximate surface area is 111 Å². The maximum atomic E-state index is 11.7. The Kier molecular flexibility index (Phi) is 2.62. The number of amides is 1. The molecular formula is C14H16N4O. The molecule has 0 saturated heterocycles. The molecule has 1 amide bonds. The minimum atomic E-state index is -0.454. The quantitative estimate of drug-likeness (QED) is 0.884. The smallest absolute Gasteiger partial charge is 0.252 e. The van der Waals surface area contributed by atoms with Crippen molar-refractivity contribution in [2.45, 2.75) is 33.1 Å². The highest BCUT2D eigenvalue weighted by Gasteiger charge is 2.21. The van der Waals surface area contributed by atoms with Gasteiger partial charge in [0.15, 0.2) is 5.82 Å². The number of primary amides is 1. The third-order valence-corrected chi connectivity index (χ3v) is 3.51. The Morgan fingerprint density at radius 1 is 1.32 bits per heavy atom. The maximum Gasteiger partial charge on any atom is 0.252 e. The maximum absolute atomic E-state index is 11.7. The van der Waals surface area contributed by atoms with Crippen LogP contribution in [-0.4, -0.2) is 20.7 Å². The molecule has 5 heteroatoms. The second-order valence-electron chi connectivity index (χ2n) is 5.02. The number of aromatic nitrogens is 3. The molecule has 0 saturated carbocycles. The topological polar surface area (TPSA) is 73.8 Å². The molecule has 5 nitrogen and oxygen atoms in total. The summed E-state index contributed by atoms with van der Waals surface area (Å²) in [4.78, 5) is 16.3. The molecule has 2 aromatic rings. The highest BCUT2D eigenvalue weighted by Crippen LogP contribution is 2.25. The van der Waals surface area contributed by atoms with Gasteiger partial charge in [-0.1, -0.05) is 0 Å². The van der Waals surface area contributed by atoms with Crippen LogP contribution in [0.2, 0.25) is 0 Å². The van der Waals surface area contributed by atoms with E-state index in [9.17, 15) is 4.79 Å². The van der Waals surface area contributed by atoms with Crippen LogP contribution in [0.15, 0.2) is 12.1 Å². The van der Waals surface area contributed by atoms with E-state index >= 15 is 0 Å². The average Bonchev–Trinajstić information content (AvgIpc) is 2.92. The van der Waals surface area contributed by atoms with E-state index in [2.05, 4.69) is 10.1 Å². The van der Waals surface area contributed by atoms with E-state index < -0.39 is 5.91 Å². The summed E-state index contributed by atoms with van der Waals surface area (Å²) in [6.07, 6.45) is 3.02. The number of carbonyl (C=O) groups is 1. The number of pyridine rings is 1. The van der Waals surface area contributed by atoms with E-state index in [0.717, 1.165) is 41.9 Å². The van der Waals surface area contributed by atoms with Crippen LogP contribution in [0.3, 0.4) is 0 Å². The molecule has 1 aliphatic rings. The van der Waals surface area contributed by atoms with E-state index in [1.807, 2.05) is 26.0 Å². The van der Waals surface area contributed by atoms with Crippen LogP contribution in [0, 0.1) is 13.8 Å². The highest BCUT2D eigenvalue weighted by atomic mass is 16.1. The molecule has 0 aliphatic heterocycles. The van der Waals surface area contributed by atoms with Crippen LogP contribution < -0.4 is 5.73 Å². The second kappa shape index (κ2) is 4.19. The van der Waals surface area contributed by atoms with Gasteiger partial charge in [0.05, 0.1) is 11.3 Å². The van der Waals surface area contributed by atoms with Gasteiger partial charge in [-0.05, 0) is 50.8 Å². The lowest BCUT2D eigenvalue weighted by molar-refractivity contribution is 0.0999. The Morgan fingerprint density at radius 2 is 2.11 bits per heavy atom. The Bertz CT molecular complexity index is 672. The predicted octanol–water partition coefficient (Wildman–Crippen LogP) is 1.47. The monoisotopic (exact) mass is 256 g/mol. The van der Waals surface area contributed by atoms with Crippen LogP contribution in [0.5, 0.6) is 0 Å². The number of aryl methyl sites for hydroxylation is 4. The zero-order chi connectivity index (χ0) is 13.6. The second-order valence-corrected chi connectivity index (χ2v) is 5.02. The molecule has 0 bridgehead atoms. The van der Waals surface area contributed by atoms with Gasteiger partial charge < -0.3 is 5.73 Å². The van der Waals surface area contributed by atoms with Gasteiger partial charge in [0.1, 0.15) is 0 Å². The molecule has 3 rings (SSSR count). The summed E-state index contributed by atoms with van der Waals surface area (Å²) in [5.74, 6) is 0.100. The number of hydrogen-bond donors (Lipinski definition) is 1. The zero-order valence-electron chi connectivity index (χ0n) is 11.1. The van der Waals surface area contributed by atoms with E-state index in [0.29, 0.717) is 11.4 Å². The normalized spacial score (nSPS) is 13.6. The first-order valence-electron chi connectivity index (χ1n) is 6.42. The number of carbonyl (C=O) groups excluding carboxylic acids is 1. The fraction of sp³-hybridized carbons (Fsp3) is 0.357. The van der Waals surface area contributed by atoms with E-state index in [1.165, 1.54) is 0 Å². The highest BCUT2D eigenvalue weighted by molar-refractivity contribution is 5.96. The van der Waals surface area contributed by atoms with Gasteiger partial charge >= 0.3 is 0 Å². The standard InChI is InChI=1S/C14H16N4O/c1-8-6-9(2)18(17-8)14-11(13(15)19)7-10-4-3-5-12(10)16-14/h6-7H,3-5H2,1-2H3,(H2,15,19). The minimum Gasteiger partial charge on any atom is -0.365 e. The molecule has 2 heterocycles. The van der Waals surface area contributed by atoms with E-state index in [-0.39, 0.29) is 0 Å². The Morgan fingerprint density at radius 3 is 2.74 bits per heavy atom. The predicted molar refractivity (Wildman–Crippen MR) is 71.4 cm³/mol. The molecule has 0 fully saturated rings. The Balaban J connectivity index is 2.25.